The Bertz CT molecular complexity index is 1110. The molecule has 11 heteroatoms. The van der Waals surface area contributed by atoms with Gasteiger partial charge in [0.2, 0.25) is 11.8 Å². The fourth-order valence-electron chi connectivity index (χ4n) is 3.26. The van der Waals surface area contributed by atoms with Gasteiger partial charge in [-0.05, 0) is 43.2 Å². The second-order valence-corrected chi connectivity index (χ2v) is 10.3. The smallest absolute Gasteiger partial charge is 0.304 e. The van der Waals surface area contributed by atoms with Crippen LogP contribution >= 0.6 is 0 Å². The molecule has 2 aromatic carbocycles. The molecule has 0 saturated heterocycles. The molecule has 0 aliphatic rings. The zero-order chi connectivity index (χ0) is 26.2. The number of benzene rings is 2. The van der Waals surface area contributed by atoms with Crippen LogP contribution in [0.4, 0.5) is 14.5 Å². The Morgan fingerprint density at radius 3 is 2.23 bits per heavy atom. The monoisotopic (exact) mass is 510 g/mol. The highest BCUT2D eigenvalue weighted by Gasteiger charge is 2.33. The van der Waals surface area contributed by atoms with Gasteiger partial charge in [-0.25, -0.2) is 13.1 Å². The number of carbonyl (C=O) groups excluding carboxylic acids is 2. The number of halogens is 2. The maximum atomic E-state index is 14.6. The van der Waals surface area contributed by atoms with Gasteiger partial charge in [-0.3, -0.25) is 9.59 Å². The third kappa shape index (κ3) is 7.46. The van der Waals surface area contributed by atoms with E-state index in [2.05, 4.69) is 5.32 Å². The minimum Gasteiger partial charge on any atom is -0.354 e. The first-order valence-corrected chi connectivity index (χ1v) is 12.6. The number of nitrogens with one attached hydrogen (secondary N) is 1. The van der Waals surface area contributed by atoms with Gasteiger partial charge in [0.15, 0.2) is 0 Å². The summed E-state index contributed by atoms with van der Waals surface area (Å²) in [5.74, 6) is -2.41. The summed E-state index contributed by atoms with van der Waals surface area (Å²) in [5, 5.41) is 2.76. The molecular weight excluding hydrogens is 478 g/mol. The molecule has 8 nitrogen and oxygen atoms in total. The van der Waals surface area contributed by atoms with Gasteiger partial charge in [0.1, 0.15) is 24.2 Å². The third-order valence-corrected chi connectivity index (χ3v) is 7.21. The highest BCUT2D eigenvalue weighted by Crippen LogP contribution is 2.24. The number of carbonyl (C=O) groups is 2. The largest absolute Gasteiger partial charge is 0.354 e. The number of para-hydroxylation sites is 1. The summed E-state index contributed by atoms with van der Waals surface area (Å²) in [6.07, 6.45) is 1.62. The van der Waals surface area contributed by atoms with Crippen LogP contribution in [-0.4, -0.2) is 62.7 Å². The highest BCUT2D eigenvalue weighted by atomic mass is 32.2. The van der Waals surface area contributed by atoms with Crippen LogP contribution < -0.4 is 9.62 Å². The van der Waals surface area contributed by atoms with Crippen LogP contribution in [0.5, 0.6) is 0 Å². The zero-order valence-corrected chi connectivity index (χ0v) is 21.2. The van der Waals surface area contributed by atoms with Crippen molar-refractivity contribution in [3.05, 3.63) is 65.7 Å². The van der Waals surface area contributed by atoms with Crippen molar-refractivity contribution < 1.29 is 26.8 Å². The second-order valence-electron chi connectivity index (χ2n) is 8.22. The van der Waals surface area contributed by atoms with E-state index >= 15 is 0 Å². The van der Waals surface area contributed by atoms with Gasteiger partial charge >= 0.3 is 10.2 Å². The van der Waals surface area contributed by atoms with Crippen molar-refractivity contribution in [1.82, 2.24) is 14.5 Å². The fraction of sp³-hybridized carbons (Fsp3) is 0.417. The predicted octanol–water partition coefficient (Wildman–Crippen LogP) is 2.91. The van der Waals surface area contributed by atoms with Crippen LogP contribution in [0, 0.1) is 11.6 Å². The van der Waals surface area contributed by atoms with Crippen molar-refractivity contribution in [3.8, 4) is 0 Å². The second kappa shape index (κ2) is 12.6. The van der Waals surface area contributed by atoms with E-state index in [1.807, 2.05) is 6.92 Å². The molecule has 2 rings (SSSR count). The molecule has 1 unspecified atom stereocenters. The van der Waals surface area contributed by atoms with Crippen molar-refractivity contribution >= 4 is 27.7 Å². The number of hydrogen-bond acceptors (Lipinski definition) is 4. The lowest BCUT2D eigenvalue weighted by molar-refractivity contribution is -0.139. The molecule has 35 heavy (non-hydrogen) atoms. The Morgan fingerprint density at radius 1 is 1.03 bits per heavy atom. The quantitative estimate of drug-likeness (QED) is 0.445. The zero-order valence-electron chi connectivity index (χ0n) is 20.4. The summed E-state index contributed by atoms with van der Waals surface area (Å²) in [6, 6.07) is 9.66. The van der Waals surface area contributed by atoms with E-state index in [1.165, 1.54) is 68.4 Å². The number of hydrogen-bond donors (Lipinski definition) is 1. The van der Waals surface area contributed by atoms with E-state index in [-0.39, 0.29) is 12.2 Å². The number of amides is 2. The van der Waals surface area contributed by atoms with Crippen LogP contribution in [0.3, 0.4) is 0 Å². The molecule has 1 atom stereocenters. The van der Waals surface area contributed by atoms with Gasteiger partial charge in [-0.1, -0.05) is 37.6 Å². The molecule has 2 aromatic rings. The number of unbranched alkanes of at least 4 members (excludes halogenated alkanes) is 1. The molecule has 192 valence electrons. The lowest BCUT2D eigenvalue weighted by Gasteiger charge is -2.33. The lowest BCUT2D eigenvalue weighted by Crippen LogP contribution is -2.52. The normalized spacial score (nSPS) is 12.3. The molecule has 1 N–H and O–H groups in total. The lowest BCUT2D eigenvalue weighted by atomic mass is 10.1. The minimum atomic E-state index is -4.26. The number of rotatable bonds is 12. The topological polar surface area (TPSA) is 90.0 Å². The third-order valence-electron chi connectivity index (χ3n) is 5.40. The summed E-state index contributed by atoms with van der Waals surface area (Å²) >= 11 is 0. The number of anilines is 1. The Morgan fingerprint density at radius 2 is 1.66 bits per heavy atom. The van der Waals surface area contributed by atoms with Gasteiger partial charge in [-0.2, -0.15) is 12.7 Å². The minimum absolute atomic E-state index is 0.0748. The van der Waals surface area contributed by atoms with Gasteiger partial charge in [0.05, 0.1) is 5.69 Å². The predicted molar refractivity (Wildman–Crippen MR) is 131 cm³/mol. The van der Waals surface area contributed by atoms with Gasteiger partial charge in [0.25, 0.3) is 0 Å². The maximum Gasteiger partial charge on any atom is 0.304 e. The summed E-state index contributed by atoms with van der Waals surface area (Å²) in [5.41, 5.74) is 0.247. The van der Waals surface area contributed by atoms with Crippen LogP contribution in [0.2, 0.25) is 0 Å². The molecule has 0 spiro atoms. The van der Waals surface area contributed by atoms with Crippen molar-refractivity contribution in [2.24, 2.45) is 0 Å². The Kier molecular flexibility index (Phi) is 10.1. The Labute approximate surface area is 205 Å². The molecule has 0 saturated carbocycles. The summed E-state index contributed by atoms with van der Waals surface area (Å²) in [4.78, 5) is 27.4. The van der Waals surface area contributed by atoms with Gasteiger partial charge < -0.3 is 10.2 Å². The molecule has 0 aromatic heterocycles. The maximum absolute atomic E-state index is 14.6. The summed E-state index contributed by atoms with van der Waals surface area (Å²) in [6.45, 7) is 3.11. The van der Waals surface area contributed by atoms with E-state index in [0.717, 1.165) is 23.2 Å². The Balaban J connectivity index is 2.42. The van der Waals surface area contributed by atoms with Crippen LogP contribution in [-0.2, 0) is 26.3 Å². The SMILES string of the molecule is CCCCNC(=O)C(C)N(Cc1ccc(F)cc1)C(=O)CN(c1ccccc1F)S(=O)(=O)N(C)C. The highest BCUT2D eigenvalue weighted by molar-refractivity contribution is 7.90. The van der Waals surface area contributed by atoms with E-state index in [4.69, 9.17) is 0 Å². The van der Waals surface area contributed by atoms with Crippen molar-refractivity contribution in [2.75, 3.05) is 31.5 Å². The number of nitrogens with zero attached hydrogens (tertiary/aromatic N) is 3. The first-order valence-electron chi connectivity index (χ1n) is 11.2. The van der Waals surface area contributed by atoms with E-state index < -0.39 is 46.2 Å². The molecular formula is C24H32F2N4O4S. The van der Waals surface area contributed by atoms with Crippen molar-refractivity contribution in [3.63, 3.8) is 0 Å². The molecule has 0 bridgehead atoms. The summed E-state index contributed by atoms with van der Waals surface area (Å²) in [7, 11) is -1.71. The van der Waals surface area contributed by atoms with Crippen LogP contribution in [0.15, 0.2) is 48.5 Å². The molecule has 2 amide bonds. The van der Waals surface area contributed by atoms with Gasteiger partial charge in [-0.15, -0.1) is 0 Å². The summed E-state index contributed by atoms with van der Waals surface area (Å²) < 4.78 is 55.5. The Hall–Kier alpha value is -3.05. The van der Waals surface area contributed by atoms with Crippen molar-refractivity contribution in [1.29, 1.82) is 0 Å². The molecule has 0 fully saturated rings. The molecule has 0 aliphatic carbocycles. The average Bonchev–Trinajstić information content (AvgIpc) is 2.82. The molecule has 0 radical (unpaired) electrons. The van der Waals surface area contributed by atoms with E-state index in [1.54, 1.807) is 0 Å². The van der Waals surface area contributed by atoms with E-state index in [9.17, 15) is 26.8 Å². The average molecular weight is 511 g/mol. The fourth-order valence-corrected chi connectivity index (χ4v) is 4.33. The van der Waals surface area contributed by atoms with E-state index in [0.29, 0.717) is 16.4 Å². The van der Waals surface area contributed by atoms with Crippen molar-refractivity contribution in [2.45, 2.75) is 39.3 Å². The molecule has 0 aliphatic heterocycles. The first kappa shape index (κ1) is 28.2. The van der Waals surface area contributed by atoms with Crippen LogP contribution in [0.25, 0.3) is 0 Å². The van der Waals surface area contributed by atoms with Gasteiger partial charge in [0, 0.05) is 27.2 Å². The standard InChI is InChI=1S/C24H32F2N4O4S/c1-5-6-15-27-24(32)18(2)29(16-19-11-13-20(25)14-12-19)23(31)17-30(35(33,34)28(3)4)22-10-8-7-9-21(22)26/h7-14,18H,5-6,15-17H2,1-4H3,(H,27,32). The molecule has 0 heterocycles. The first-order chi connectivity index (χ1) is 16.5. The van der Waals surface area contributed by atoms with Crippen LogP contribution in [0.1, 0.15) is 32.3 Å².